The van der Waals surface area contributed by atoms with E-state index in [1.54, 1.807) is 0 Å². The number of carbonyl (C=O) groups excluding carboxylic acids is 1. The van der Waals surface area contributed by atoms with Crippen LogP contribution in [0.1, 0.15) is 12.8 Å². The summed E-state index contributed by atoms with van der Waals surface area (Å²) in [5.41, 5.74) is 0. The van der Waals surface area contributed by atoms with E-state index in [1.165, 1.54) is 0 Å². The molecule has 1 atom stereocenters. The number of rotatable bonds is 3. The van der Waals surface area contributed by atoms with Gasteiger partial charge in [-0.2, -0.15) is 0 Å². The molecule has 0 spiro atoms. The van der Waals surface area contributed by atoms with E-state index in [1.807, 2.05) is 0 Å². The fourth-order valence-corrected chi connectivity index (χ4v) is 1.34. The Balaban J connectivity index is 2.40. The zero-order valence-corrected chi connectivity index (χ0v) is 9.12. The molecule has 1 aliphatic heterocycles. The number of halogens is 3. The molecule has 0 aromatic carbocycles. The average Bonchev–Trinajstić information content (AvgIpc) is 2.55. The van der Waals surface area contributed by atoms with Crippen molar-refractivity contribution in [2.75, 3.05) is 12.4 Å². The summed E-state index contributed by atoms with van der Waals surface area (Å²) in [4.78, 5) is 11.3. The summed E-state index contributed by atoms with van der Waals surface area (Å²) in [5.74, 6) is -0.586. The molecule has 1 rings (SSSR count). The summed E-state index contributed by atoms with van der Waals surface area (Å²) >= 11 is 16.5. The summed E-state index contributed by atoms with van der Waals surface area (Å²) in [6.45, 7) is 0.818. The minimum atomic E-state index is -1.61. The van der Waals surface area contributed by atoms with Crippen LogP contribution in [0.15, 0.2) is 0 Å². The van der Waals surface area contributed by atoms with Crippen LogP contribution in [-0.2, 0) is 9.53 Å². The second kappa shape index (κ2) is 4.69. The second-order valence-electron chi connectivity index (χ2n) is 2.84. The lowest BCUT2D eigenvalue weighted by Crippen LogP contribution is -2.37. The van der Waals surface area contributed by atoms with Crippen molar-refractivity contribution >= 4 is 40.8 Å². The monoisotopic (exact) mass is 245 g/mol. The third kappa shape index (κ3) is 3.50. The first-order valence-electron chi connectivity index (χ1n) is 3.95. The van der Waals surface area contributed by atoms with E-state index < -0.39 is 10.5 Å². The van der Waals surface area contributed by atoms with Crippen molar-refractivity contribution in [2.45, 2.75) is 23.4 Å². The van der Waals surface area contributed by atoms with Gasteiger partial charge in [0.1, 0.15) is 6.04 Å². The molecule has 0 unspecified atom stereocenters. The third-order valence-corrected chi connectivity index (χ3v) is 2.82. The standard InChI is InChI=1S/C7H10Cl3NO2/c8-4-7(9,10)13-6(12)5-2-1-3-11-5/h5,11H,1-4H2/t5-/m0/s1. The largest absolute Gasteiger partial charge is 0.426 e. The van der Waals surface area contributed by atoms with Gasteiger partial charge >= 0.3 is 5.97 Å². The Morgan fingerprint density at radius 3 is 2.77 bits per heavy atom. The smallest absolute Gasteiger partial charge is 0.325 e. The number of carbonyl (C=O) groups is 1. The van der Waals surface area contributed by atoms with E-state index in [0.717, 1.165) is 19.4 Å². The molecule has 0 aliphatic carbocycles. The van der Waals surface area contributed by atoms with Gasteiger partial charge in [0.2, 0.25) is 0 Å². The SMILES string of the molecule is O=C(OC(Cl)(Cl)CCl)[C@@H]1CCCN1. The molecule has 3 nitrogen and oxygen atoms in total. The summed E-state index contributed by atoms with van der Waals surface area (Å²) in [6, 6.07) is -0.292. The molecule has 6 heteroatoms. The highest BCUT2D eigenvalue weighted by molar-refractivity contribution is 6.50. The van der Waals surface area contributed by atoms with Gasteiger partial charge in [0.05, 0.1) is 5.88 Å². The lowest BCUT2D eigenvalue weighted by atomic mass is 10.2. The van der Waals surface area contributed by atoms with Crippen LogP contribution >= 0.6 is 34.8 Å². The number of hydrogen-bond acceptors (Lipinski definition) is 3. The first kappa shape index (κ1) is 11.4. The number of nitrogens with one attached hydrogen (secondary N) is 1. The van der Waals surface area contributed by atoms with Gasteiger partial charge in [-0.15, -0.1) is 11.6 Å². The van der Waals surface area contributed by atoms with Crippen LogP contribution in [0.25, 0.3) is 0 Å². The Kier molecular flexibility index (Phi) is 4.10. The molecule has 1 aliphatic rings. The van der Waals surface area contributed by atoms with Gasteiger partial charge in [0.25, 0.3) is 4.52 Å². The van der Waals surface area contributed by atoms with E-state index in [9.17, 15) is 4.79 Å². The van der Waals surface area contributed by atoms with Gasteiger partial charge < -0.3 is 10.1 Å². The highest BCUT2D eigenvalue weighted by Gasteiger charge is 2.32. The number of hydrogen-bond donors (Lipinski definition) is 1. The van der Waals surface area contributed by atoms with E-state index in [-0.39, 0.29) is 11.9 Å². The van der Waals surface area contributed by atoms with Crippen LogP contribution in [0.5, 0.6) is 0 Å². The predicted octanol–water partition coefficient (Wildman–Crippen LogP) is 1.65. The Morgan fingerprint density at radius 1 is 1.62 bits per heavy atom. The average molecular weight is 247 g/mol. The number of alkyl halides is 3. The topological polar surface area (TPSA) is 38.3 Å². The molecule has 0 aromatic rings. The highest BCUT2D eigenvalue weighted by atomic mass is 35.5. The molecule has 0 aromatic heterocycles. The molecule has 0 radical (unpaired) electrons. The third-order valence-electron chi connectivity index (χ3n) is 1.75. The molecule has 0 amide bonds. The molecular formula is C7H10Cl3NO2. The number of ether oxygens (including phenoxy) is 1. The van der Waals surface area contributed by atoms with E-state index in [2.05, 4.69) is 5.32 Å². The molecule has 1 fully saturated rings. The second-order valence-corrected chi connectivity index (χ2v) is 4.52. The Bertz CT molecular complexity index is 192. The Labute approximate surface area is 91.7 Å². The van der Waals surface area contributed by atoms with Crippen molar-refractivity contribution in [3.05, 3.63) is 0 Å². The molecule has 1 saturated heterocycles. The zero-order valence-electron chi connectivity index (χ0n) is 6.86. The molecule has 0 bridgehead atoms. The van der Waals surface area contributed by atoms with Crippen molar-refractivity contribution in [3.8, 4) is 0 Å². The van der Waals surface area contributed by atoms with E-state index in [0.29, 0.717) is 0 Å². The summed E-state index contributed by atoms with van der Waals surface area (Å²) < 4.78 is 3.16. The van der Waals surface area contributed by atoms with Gasteiger partial charge in [0.15, 0.2) is 0 Å². The van der Waals surface area contributed by atoms with Crippen molar-refractivity contribution in [3.63, 3.8) is 0 Å². The van der Waals surface area contributed by atoms with E-state index >= 15 is 0 Å². The van der Waals surface area contributed by atoms with Crippen molar-refractivity contribution in [1.82, 2.24) is 5.32 Å². The lowest BCUT2D eigenvalue weighted by molar-refractivity contribution is -0.148. The predicted molar refractivity (Wildman–Crippen MR) is 52.3 cm³/mol. The Hall–Kier alpha value is 0.300. The van der Waals surface area contributed by atoms with Gasteiger partial charge in [-0.05, 0) is 19.4 Å². The van der Waals surface area contributed by atoms with Crippen LogP contribution in [0.3, 0.4) is 0 Å². The van der Waals surface area contributed by atoms with Crippen LogP contribution in [0.4, 0.5) is 0 Å². The summed E-state index contributed by atoms with van der Waals surface area (Å²) in [5, 5.41) is 2.97. The molecule has 13 heavy (non-hydrogen) atoms. The number of esters is 1. The van der Waals surface area contributed by atoms with Crippen LogP contribution in [0.2, 0.25) is 0 Å². The van der Waals surface area contributed by atoms with Gasteiger partial charge in [-0.3, -0.25) is 4.79 Å². The molecule has 1 heterocycles. The molecule has 76 valence electrons. The van der Waals surface area contributed by atoms with Crippen molar-refractivity contribution in [2.24, 2.45) is 0 Å². The molecule has 0 saturated carbocycles. The maximum absolute atomic E-state index is 11.3. The van der Waals surface area contributed by atoms with Gasteiger partial charge in [-0.25, -0.2) is 0 Å². The zero-order chi connectivity index (χ0) is 9.90. The summed E-state index contributed by atoms with van der Waals surface area (Å²) in [6.07, 6.45) is 1.71. The summed E-state index contributed by atoms with van der Waals surface area (Å²) in [7, 11) is 0. The fourth-order valence-electron chi connectivity index (χ4n) is 1.13. The normalized spacial score (nSPS) is 23.2. The minimum Gasteiger partial charge on any atom is -0.426 e. The lowest BCUT2D eigenvalue weighted by Gasteiger charge is -2.19. The van der Waals surface area contributed by atoms with Crippen LogP contribution in [0, 0.1) is 0 Å². The van der Waals surface area contributed by atoms with Crippen LogP contribution < -0.4 is 5.32 Å². The molecular weight excluding hydrogens is 236 g/mol. The first-order chi connectivity index (χ1) is 6.05. The molecule has 1 N–H and O–H groups in total. The van der Waals surface area contributed by atoms with Gasteiger partial charge in [-0.1, -0.05) is 23.2 Å². The van der Waals surface area contributed by atoms with Crippen molar-refractivity contribution < 1.29 is 9.53 Å². The highest BCUT2D eigenvalue weighted by Crippen LogP contribution is 2.25. The maximum Gasteiger partial charge on any atom is 0.325 e. The fraction of sp³-hybridized carbons (Fsp3) is 0.857. The van der Waals surface area contributed by atoms with Gasteiger partial charge in [0, 0.05) is 0 Å². The minimum absolute atomic E-state index is 0.144. The maximum atomic E-state index is 11.3. The Morgan fingerprint density at radius 2 is 2.31 bits per heavy atom. The first-order valence-corrected chi connectivity index (χ1v) is 5.24. The van der Waals surface area contributed by atoms with E-state index in [4.69, 9.17) is 39.5 Å². The van der Waals surface area contributed by atoms with Crippen LogP contribution in [-0.4, -0.2) is 29.0 Å². The van der Waals surface area contributed by atoms with Crippen molar-refractivity contribution in [1.29, 1.82) is 0 Å². The quantitative estimate of drug-likeness (QED) is 0.608.